The summed E-state index contributed by atoms with van der Waals surface area (Å²) in [6, 6.07) is 8.88. The van der Waals surface area contributed by atoms with Gasteiger partial charge >= 0.3 is 5.82 Å². The van der Waals surface area contributed by atoms with Gasteiger partial charge in [0, 0.05) is 12.5 Å². The summed E-state index contributed by atoms with van der Waals surface area (Å²) in [6.07, 6.45) is 1.39. The van der Waals surface area contributed by atoms with Gasteiger partial charge in [0.2, 0.25) is 5.78 Å². The van der Waals surface area contributed by atoms with E-state index in [0.717, 1.165) is 0 Å². The summed E-state index contributed by atoms with van der Waals surface area (Å²) in [6.45, 7) is 1.84. The van der Waals surface area contributed by atoms with E-state index in [2.05, 4.69) is 0 Å². The molecule has 0 N–H and O–H groups in total. The van der Waals surface area contributed by atoms with Gasteiger partial charge in [-0.05, 0) is 4.92 Å². The molecule has 1 aromatic carbocycles. The number of Topliss-reactive ketones (excluding diaryl/α,β-unsaturated/α-hetero) is 1. The Morgan fingerprint density at radius 1 is 1.35 bits per heavy atom. The van der Waals surface area contributed by atoms with Crippen molar-refractivity contribution in [1.82, 2.24) is 4.57 Å². The zero-order chi connectivity index (χ0) is 14.0. The molecule has 20 heavy (non-hydrogen) atoms. The maximum atomic E-state index is 12.1. The average Bonchev–Trinajstić information content (AvgIpc) is 2.68. The molecule has 0 unspecified atom stereocenters. The molecule has 0 aliphatic carbocycles. The first-order valence-electron chi connectivity index (χ1n) is 5.79. The van der Waals surface area contributed by atoms with E-state index in [-0.39, 0.29) is 35.1 Å². The van der Waals surface area contributed by atoms with Crippen molar-refractivity contribution < 1.29 is 31.3 Å². The number of aromatic nitrogens is 2. The molecule has 2 aromatic rings. The topological polar surface area (TPSA) is 69.0 Å². The first kappa shape index (κ1) is 16.0. The molecule has 6 nitrogen and oxygen atoms in total. The highest BCUT2D eigenvalue weighted by atomic mass is 79.9. The predicted molar refractivity (Wildman–Crippen MR) is 67.8 cm³/mol. The minimum absolute atomic E-state index is 0. The number of hydrogen-bond acceptors (Lipinski definition) is 3. The fraction of sp³-hybridized carbons (Fsp3) is 0.231. The number of nitrogens with zero attached hydrogens (tertiary/aromatic N) is 3. The summed E-state index contributed by atoms with van der Waals surface area (Å²) in [4.78, 5) is 22.4. The number of carbonyl (C=O) groups excluding carboxylic acids is 1. The van der Waals surface area contributed by atoms with Gasteiger partial charge in [0.25, 0.3) is 5.82 Å². The summed E-state index contributed by atoms with van der Waals surface area (Å²) < 4.78 is 3.05. The number of hydrogen-bond donors (Lipinski definition) is 0. The molecule has 1 aromatic heterocycles. The van der Waals surface area contributed by atoms with Crippen molar-refractivity contribution >= 4 is 11.6 Å². The summed E-state index contributed by atoms with van der Waals surface area (Å²) in [5.41, 5.74) is 0.598. The number of nitro groups is 1. The molecule has 106 valence electrons. The predicted octanol–water partition coefficient (Wildman–Crippen LogP) is -1.58. The molecular weight excluding hydrogens is 326 g/mol. The Balaban J connectivity index is 0.00000200. The van der Waals surface area contributed by atoms with Crippen LogP contribution in [0.1, 0.15) is 16.2 Å². The van der Waals surface area contributed by atoms with Crippen LogP contribution >= 0.6 is 0 Å². The molecule has 0 aliphatic heterocycles. The van der Waals surface area contributed by atoms with Crippen LogP contribution in [0.15, 0.2) is 36.5 Å². The van der Waals surface area contributed by atoms with Gasteiger partial charge in [-0.2, -0.15) is 4.57 Å². The van der Waals surface area contributed by atoms with E-state index in [1.807, 2.05) is 6.07 Å². The molecule has 0 fully saturated rings. The lowest BCUT2D eigenvalue weighted by Gasteiger charge is -1.99. The number of benzene rings is 1. The molecule has 0 radical (unpaired) electrons. The zero-order valence-corrected chi connectivity index (χ0v) is 12.7. The van der Waals surface area contributed by atoms with Crippen LogP contribution in [0.5, 0.6) is 0 Å². The molecule has 0 amide bonds. The third kappa shape index (κ3) is 3.11. The number of halogens is 1. The number of carbonyl (C=O) groups is 1. The number of imidazole rings is 1. The highest BCUT2D eigenvalue weighted by Crippen LogP contribution is 2.10. The fourth-order valence-corrected chi connectivity index (χ4v) is 1.88. The van der Waals surface area contributed by atoms with Crippen molar-refractivity contribution in [3.63, 3.8) is 0 Å². The molecule has 2 rings (SSSR count). The van der Waals surface area contributed by atoms with E-state index in [1.54, 1.807) is 42.8 Å². The minimum atomic E-state index is -0.462. The Kier molecular flexibility index (Phi) is 5.15. The molecule has 0 saturated heterocycles. The number of ketones is 1. The molecule has 0 aliphatic rings. The minimum Gasteiger partial charge on any atom is -1.00 e. The van der Waals surface area contributed by atoms with Crippen LogP contribution < -0.4 is 21.5 Å². The summed E-state index contributed by atoms with van der Waals surface area (Å²) in [5.74, 6) is 0.559. The molecular formula is C13H14BrN3O3. The quantitative estimate of drug-likeness (QED) is 0.292. The van der Waals surface area contributed by atoms with Gasteiger partial charge in [-0.25, -0.2) is 4.57 Å². The highest BCUT2D eigenvalue weighted by Gasteiger charge is 2.23. The largest absolute Gasteiger partial charge is 1.00 e. The monoisotopic (exact) mass is 339 g/mol. The number of rotatable bonds is 4. The van der Waals surface area contributed by atoms with Crippen molar-refractivity contribution in [2.24, 2.45) is 7.05 Å². The van der Waals surface area contributed by atoms with Gasteiger partial charge in [0.05, 0.1) is 7.05 Å². The molecule has 0 atom stereocenters. The second-order valence-electron chi connectivity index (χ2n) is 4.27. The Hall–Kier alpha value is -2.02. The lowest BCUT2D eigenvalue weighted by Crippen LogP contribution is -3.00. The van der Waals surface area contributed by atoms with Crippen molar-refractivity contribution in [2.75, 3.05) is 0 Å². The summed E-state index contributed by atoms with van der Waals surface area (Å²) >= 11 is 0. The third-order valence-corrected chi connectivity index (χ3v) is 3.11. The van der Waals surface area contributed by atoms with Crippen molar-refractivity contribution in [3.05, 3.63) is 58.0 Å². The molecule has 1 heterocycles. The zero-order valence-electron chi connectivity index (χ0n) is 11.1. The van der Waals surface area contributed by atoms with Crippen molar-refractivity contribution in [1.29, 1.82) is 0 Å². The lowest BCUT2D eigenvalue weighted by molar-refractivity contribution is -0.689. The van der Waals surface area contributed by atoms with Gasteiger partial charge in [0.15, 0.2) is 12.7 Å². The maximum Gasteiger partial charge on any atom is 0.365 e. The summed E-state index contributed by atoms with van der Waals surface area (Å²) in [5, 5.41) is 10.8. The van der Waals surface area contributed by atoms with Crippen LogP contribution in [0.2, 0.25) is 0 Å². The van der Waals surface area contributed by atoms with Crippen molar-refractivity contribution in [2.45, 2.75) is 13.5 Å². The Morgan fingerprint density at radius 2 is 1.95 bits per heavy atom. The van der Waals surface area contributed by atoms with E-state index in [0.29, 0.717) is 11.4 Å². The van der Waals surface area contributed by atoms with Crippen LogP contribution in [-0.4, -0.2) is 15.3 Å². The highest BCUT2D eigenvalue weighted by molar-refractivity contribution is 5.94. The maximum absolute atomic E-state index is 12.1. The van der Waals surface area contributed by atoms with Gasteiger partial charge in [-0.3, -0.25) is 4.79 Å². The fourth-order valence-electron chi connectivity index (χ4n) is 1.88. The second-order valence-corrected chi connectivity index (χ2v) is 4.27. The molecule has 0 saturated carbocycles. The third-order valence-electron chi connectivity index (χ3n) is 3.11. The van der Waals surface area contributed by atoms with Crippen LogP contribution in [0, 0.1) is 17.0 Å². The first-order valence-corrected chi connectivity index (χ1v) is 5.79. The van der Waals surface area contributed by atoms with E-state index in [9.17, 15) is 14.9 Å². The Morgan fingerprint density at radius 3 is 2.45 bits per heavy atom. The first-order chi connectivity index (χ1) is 9.00. The summed E-state index contributed by atoms with van der Waals surface area (Å²) in [7, 11) is 1.61. The van der Waals surface area contributed by atoms with Crippen molar-refractivity contribution in [3.8, 4) is 0 Å². The van der Waals surface area contributed by atoms with Crippen LogP contribution in [0.3, 0.4) is 0 Å². The Labute approximate surface area is 126 Å². The molecule has 0 bridgehead atoms. The second kappa shape index (κ2) is 6.42. The normalized spacial score (nSPS) is 9.90. The smallest absolute Gasteiger partial charge is 0.365 e. The average molecular weight is 340 g/mol. The SMILES string of the molecule is Cc1n(C)c([N+](=O)[O-])c[n+]1CC(=O)c1ccccc1.[Br-]. The van der Waals surface area contributed by atoms with E-state index in [4.69, 9.17) is 0 Å². The molecule has 7 heteroatoms. The van der Waals surface area contributed by atoms with Crippen LogP contribution in [0.25, 0.3) is 0 Å². The van der Waals surface area contributed by atoms with E-state index in [1.165, 1.54) is 10.8 Å². The van der Waals surface area contributed by atoms with Crippen LogP contribution in [-0.2, 0) is 13.6 Å². The van der Waals surface area contributed by atoms with Gasteiger partial charge in [-0.15, -0.1) is 0 Å². The van der Waals surface area contributed by atoms with Crippen LogP contribution in [0.4, 0.5) is 5.82 Å². The van der Waals surface area contributed by atoms with Gasteiger partial charge in [0.1, 0.15) is 0 Å². The lowest BCUT2D eigenvalue weighted by atomic mass is 10.1. The van der Waals surface area contributed by atoms with Gasteiger partial charge < -0.3 is 27.1 Å². The van der Waals surface area contributed by atoms with E-state index >= 15 is 0 Å². The molecule has 0 spiro atoms. The van der Waals surface area contributed by atoms with E-state index < -0.39 is 4.92 Å². The van der Waals surface area contributed by atoms with Gasteiger partial charge in [-0.1, -0.05) is 30.3 Å². The Bertz CT molecular complexity index is 638. The standard InChI is InChI=1S/C13H14N3O3.BrH/c1-10-14(2)13(16(18)19)9-15(10)8-12(17)11-6-4-3-5-7-11;/h3-7,9H,8H2,1-2H3;1H/q+1;/p-1.